The number of hydrogen-bond donors (Lipinski definition) is 0. The van der Waals surface area contributed by atoms with E-state index in [2.05, 4.69) is 15.9 Å². The summed E-state index contributed by atoms with van der Waals surface area (Å²) in [5, 5.41) is 0. The first-order chi connectivity index (χ1) is 19.2. The number of halogens is 1. The first-order valence-electron chi connectivity index (χ1n) is 12.9. The van der Waals surface area contributed by atoms with E-state index in [1.165, 1.54) is 11.3 Å². The molecule has 40 heavy (non-hydrogen) atoms. The third kappa shape index (κ3) is 4.66. The van der Waals surface area contributed by atoms with E-state index < -0.39 is 12.0 Å². The molecule has 4 aromatic rings. The number of aryl methyl sites for hydroxylation is 2. The maximum absolute atomic E-state index is 14.1. The van der Waals surface area contributed by atoms with Crippen molar-refractivity contribution in [2.24, 2.45) is 19.1 Å². The first-order valence-corrected chi connectivity index (χ1v) is 14.5. The number of carbonyl (C=O) groups excluding carboxylic acids is 1. The van der Waals surface area contributed by atoms with E-state index in [0.29, 0.717) is 38.3 Å². The van der Waals surface area contributed by atoms with Crippen LogP contribution in [0.15, 0.2) is 66.7 Å². The second-order valence-corrected chi connectivity index (χ2v) is 11.4. The standard InChI is InChI=1S/C29H29BrN4O5S/c1-6-8-19-24(27(36)39-7-2)25(18-15-17(30)10-12-22(18)38-5)34-26(35)23(40-28(34)31-19)14-16-9-11-20-21(13-16)33(4)29(37)32(20)3/h9-15,25H,6-8H2,1-5H3/b23-14+/t25-/m1/s1. The summed E-state index contributed by atoms with van der Waals surface area (Å²) in [6.07, 6.45) is 3.10. The van der Waals surface area contributed by atoms with Gasteiger partial charge in [0.05, 0.1) is 40.6 Å². The zero-order valence-electron chi connectivity index (χ0n) is 22.9. The van der Waals surface area contributed by atoms with Crippen molar-refractivity contribution in [1.29, 1.82) is 0 Å². The zero-order valence-corrected chi connectivity index (χ0v) is 25.3. The van der Waals surface area contributed by atoms with Gasteiger partial charge < -0.3 is 9.47 Å². The molecule has 0 spiro atoms. The van der Waals surface area contributed by atoms with E-state index >= 15 is 0 Å². The Bertz CT molecular complexity index is 1930. The van der Waals surface area contributed by atoms with Crippen LogP contribution >= 0.6 is 27.3 Å². The molecule has 0 fully saturated rings. The smallest absolute Gasteiger partial charge is 0.338 e. The summed E-state index contributed by atoms with van der Waals surface area (Å²) < 4.78 is 17.1. The van der Waals surface area contributed by atoms with Crippen molar-refractivity contribution in [3.63, 3.8) is 0 Å². The molecule has 1 atom stereocenters. The monoisotopic (exact) mass is 624 g/mol. The van der Waals surface area contributed by atoms with Crippen molar-refractivity contribution < 1.29 is 14.3 Å². The number of imidazole rings is 1. The lowest BCUT2D eigenvalue weighted by Crippen LogP contribution is -2.40. The molecular weight excluding hydrogens is 596 g/mol. The highest BCUT2D eigenvalue weighted by molar-refractivity contribution is 9.10. The summed E-state index contributed by atoms with van der Waals surface area (Å²) in [5.41, 5.74) is 3.52. The number of allylic oxidation sites excluding steroid dienone is 1. The van der Waals surface area contributed by atoms with Crippen molar-refractivity contribution in [2.75, 3.05) is 13.7 Å². The van der Waals surface area contributed by atoms with Gasteiger partial charge in [-0.15, -0.1) is 0 Å². The molecule has 1 aliphatic heterocycles. The third-order valence-corrected chi connectivity index (χ3v) is 8.45. The van der Waals surface area contributed by atoms with Crippen LogP contribution in [0.25, 0.3) is 17.1 Å². The summed E-state index contributed by atoms with van der Waals surface area (Å²) in [6.45, 7) is 3.96. The van der Waals surface area contributed by atoms with Gasteiger partial charge in [0.25, 0.3) is 5.56 Å². The molecule has 11 heteroatoms. The number of esters is 1. The lowest BCUT2D eigenvalue weighted by molar-refractivity contribution is -0.139. The largest absolute Gasteiger partial charge is 0.496 e. The Kier molecular flexibility index (Phi) is 7.70. The van der Waals surface area contributed by atoms with Crippen molar-refractivity contribution in [1.82, 2.24) is 13.7 Å². The van der Waals surface area contributed by atoms with E-state index in [1.54, 1.807) is 54.0 Å². The van der Waals surface area contributed by atoms with E-state index in [-0.39, 0.29) is 17.9 Å². The lowest BCUT2D eigenvalue weighted by atomic mass is 9.93. The minimum absolute atomic E-state index is 0.121. The van der Waals surface area contributed by atoms with Crippen LogP contribution in [0.4, 0.5) is 0 Å². The molecule has 9 nitrogen and oxygen atoms in total. The van der Waals surface area contributed by atoms with E-state index in [1.807, 2.05) is 37.3 Å². The highest BCUT2D eigenvalue weighted by Gasteiger charge is 2.36. The summed E-state index contributed by atoms with van der Waals surface area (Å²) in [4.78, 5) is 45.2. The molecular formula is C29H29BrN4O5S. The van der Waals surface area contributed by atoms with Crippen molar-refractivity contribution in [3.05, 3.63) is 93.4 Å². The Morgan fingerprint density at radius 1 is 1.10 bits per heavy atom. The topological polar surface area (TPSA) is 96.8 Å². The Labute approximate surface area is 242 Å². The second-order valence-electron chi connectivity index (χ2n) is 9.45. The van der Waals surface area contributed by atoms with Crippen LogP contribution < -0.4 is 25.3 Å². The van der Waals surface area contributed by atoms with E-state index in [9.17, 15) is 14.4 Å². The van der Waals surface area contributed by atoms with Gasteiger partial charge in [-0.25, -0.2) is 14.6 Å². The molecule has 0 bridgehead atoms. The van der Waals surface area contributed by atoms with Crippen molar-refractivity contribution in [2.45, 2.75) is 32.7 Å². The number of aromatic nitrogens is 3. The molecule has 0 saturated heterocycles. The zero-order chi connectivity index (χ0) is 28.7. The molecule has 0 saturated carbocycles. The van der Waals surface area contributed by atoms with Gasteiger partial charge in [0.15, 0.2) is 4.80 Å². The van der Waals surface area contributed by atoms with Crippen LogP contribution in [-0.2, 0) is 23.6 Å². The predicted molar refractivity (Wildman–Crippen MR) is 158 cm³/mol. The van der Waals surface area contributed by atoms with Gasteiger partial charge in [0.1, 0.15) is 11.8 Å². The maximum atomic E-state index is 14.1. The van der Waals surface area contributed by atoms with Gasteiger partial charge in [-0.05, 0) is 55.3 Å². The Morgan fingerprint density at radius 3 is 2.55 bits per heavy atom. The number of methoxy groups -OCH3 is 1. The highest BCUT2D eigenvalue weighted by atomic mass is 79.9. The Balaban J connectivity index is 1.79. The van der Waals surface area contributed by atoms with E-state index in [4.69, 9.17) is 14.5 Å². The minimum Gasteiger partial charge on any atom is -0.496 e. The van der Waals surface area contributed by atoms with Crippen LogP contribution in [0.3, 0.4) is 0 Å². The molecule has 0 radical (unpaired) electrons. The average Bonchev–Trinajstić information content (AvgIpc) is 3.35. The molecule has 0 aliphatic carbocycles. The van der Waals surface area contributed by atoms with Gasteiger partial charge in [0, 0.05) is 24.1 Å². The Morgan fingerprint density at radius 2 is 1.85 bits per heavy atom. The first kappa shape index (κ1) is 27.9. The molecule has 0 amide bonds. The fourth-order valence-electron chi connectivity index (χ4n) is 5.10. The van der Waals surface area contributed by atoms with Crippen LogP contribution in [0.5, 0.6) is 5.75 Å². The number of hydrogen-bond acceptors (Lipinski definition) is 7. The predicted octanol–water partition coefficient (Wildman–Crippen LogP) is 3.54. The fraction of sp³-hybridized carbons (Fsp3) is 0.310. The summed E-state index contributed by atoms with van der Waals surface area (Å²) in [7, 11) is 5.01. The number of ether oxygens (including phenoxy) is 2. The minimum atomic E-state index is -0.788. The van der Waals surface area contributed by atoms with Gasteiger partial charge in [-0.1, -0.05) is 46.7 Å². The molecule has 2 aromatic heterocycles. The molecule has 2 aromatic carbocycles. The van der Waals surface area contributed by atoms with Gasteiger partial charge in [-0.2, -0.15) is 0 Å². The van der Waals surface area contributed by atoms with Crippen molar-refractivity contribution >= 4 is 50.3 Å². The number of fused-ring (bicyclic) bond motifs is 2. The van der Waals surface area contributed by atoms with Gasteiger partial charge >= 0.3 is 11.7 Å². The van der Waals surface area contributed by atoms with Crippen LogP contribution in [0, 0.1) is 0 Å². The third-order valence-electron chi connectivity index (χ3n) is 6.97. The van der Waals surface area contributed by atoms with Crippen LogP contribution in [-0.4, -0.2) is 33.4 Å². The normalized spacial score (nSPS) is 15.3. The molecule has 0 unspecified atom stereocenters. The molecule has 3 heterocycles. The van der Waals surface area contributed by atoms with Crippen molar-refractivity contribution in [3.8, 4) is 5.75 Å². The molecule has 1 aliphatic rings. The number of benzene rings is 2. The average molecular weight is 626 g/mol. The molecule has 208 valence electrons. The SMILES string of the molecule is CCCC1=C(C(=O)OCC)[C@@H](c2cc(Br)ccc2OC)n2c(s/c(=C/c3ccc4c(c3)n(C)c(=O)n4C)c2=O)=N1. The summed E-state index contributed by atoms with van der Waals surface area (Å²) in [5.74, 6) is 0.0317. The molecule has 5 rings (SSSR count). The molecule has 0 N–H and O–H groups in total. The number of thiazole rings is 1. The van der Waals surface area contributed by atoms with E-state index in [0.717, 1.165) is 27.5 Å². The Hall–Kier alpha value is -3.70. The number of carbonyl (C=O) groups is 1. The highest BCUT2D eigenvalue weighted by Crippen LogP contribution is 2.38. The van der Waals surface area contributed by atoms with Crippen LogP contribution in [0.2, 0.25) is 0 Å². The maximum Gasteiger partial charge on any atom is 0.338 e. The van der Waals surface area contributed by atoms with Crippen LogP contribution in [0.1, 0.15) is 43.9 Å². The summed E-state index contributed by atoms with van der Waals surface area (Å²) in [6, 6.07) is 10.4. The van der Waals surface area contributed by atoms with Gasteiger partial charge in [0.2, 0.25) is 0 Å². The summed E-state index contributed by atoms with van der Waals surface area (Å²) >= 11 is 4.80. The number of rotatable bonds is 7. The van der Waals surface area contributed by atoms with Gasteiger partial charge in [-0.3, -0.25) is 18.5 Å². The quantitative estimate of drug-likeness (QED) is 0.293. The number of nitrogens with zero attached hydrogens (tertiary/aromatic N) is 4. The lowest BCUT2D eigenvalue weighted by Gasteiger charge is -2.27. The fourth-order valence-corrected chi connectivity index (χ4v) is 6.50. The second kappa shape index (κ2) is 11.1.